The van der Waals surface area contributed by atoms with E-state index in [1.54, 1.807) is 13.8 Å². The number of ether oxygens (including phenoxy) is 1. The van der Waals surface area contributed by atoms with Gasteiger partial charge in [-0.2, -0.15) is 0 Å². The summed E-state index contributed by atoms with van der Waals surface area (Å²) in [7, 11) is 0. The molecule has 0 heterocycles. The molecule has 26 heavy (non-hydrogen) atoms. The Labute approximate surface area is 156 Å². The summed E-state index contributed by atoms with van der Waals surface area (Å²) < 4.78 is 18.6. The molecule has 0 saturated carbocycles. The van der Waals surface area contributed by atoms with Gasteiger partial charge in [-0.25, -0.2) is 9.18 Å². The van der Waals surface area contributed by atoms with E-state index in [-0.39, 0.29) is 23.2 Å². The van der Waals surface area contributed by atoms with Crippen molar-refractivity contribution >= 4 is 29.3 Å². The van der Waals surface area contributed by atoms with E-state index in [1.165, 1.54) is 12.1 Å². The molecule has 0 aromatic heterocycles. The second-order valence-corrected chi connectivity index (χ2v) is 6.45. The molecule has 0 saturated heterocycles. The topological polar surface area (TPSA) is 67.4 Å². The van der Waals surface area contributed by atoms with Crippen molar-refractivity contribution < 1.29 is 18.7 Å². The van der Waals surface area contributed by atoms with Crippen LogP contribution in [0.4, 0.5) is 14.9 Å². The molecule has 0 spiro atoms. The Balaban J connectivity index is 1.95. The average Bonchev–Trinajstić information content (AvgIpc) is 2.61. The van der Waals surface area contributed by atoms with Gasteiger partial charge in [0.2, 0.25) is 5.91 Å². The maximum absolute atomic E-state index is 13.5. The molecule has 0 radical (unpaired) electrons. The first-order valence-corrected chi connectivity index (χ1v) is 8.47. The van der Waals surface area contributed by atoms with Crippen LogP contribution in [-0.4, -0.2) is 18.0 Å². The van der Waals surface area contributed by atoms with Crippen molar-refractivity contribution in [2.24, 2.45) is 5.92 Å². The van der Waals surface area contributed by atoms with E-state index in [9.17, 15) is 14.0 Å². The summed E-state index contributed by atoms with van der Waals surface area (Å²) in [5, 5.41) is 5.07. The summed E-state index contributed by atoms with van der Waals surface area (Å²) in [6.07, 6.45) is -0.704. The Kier molecular flexibility index (Phi) is 6.97. The van der Waals surface area contributed by atoms with Crippen molar-refractivity contribution in [3.63, 3.8) is 0 Å². The maximum Gasteiger partial charge on any atom is 0.408 e. The number of anilines is 1. The van der Waals surface area contributed by atoms with Crippen LogP contribution in [0.2, 0.25) is 5.02 Å². The first-order valence-electron chi connectivity index (χ1n) is 8.10. The molecule has 5 nitrogen and oxygen atoms in total. The largest absolute Gasteiger partial charge is 0.445 e. The van der Waals surface area contributed by atoms with Crippen LogP contribution in [0.3, 0.4) is 0 Å². The van der Waals surface area contributed by atoms with Crippen molar-refractivity contribution in [1.29, 1.82) is 0 Å². The fourth-order valence-electron chi connectivity index (χ4n) is 2.22. The lowest BCUT2D eigenvalue weighted by Crippen LogP contribution is -2.47. The fourth-order valence-corrected chi connectivity index (χ4v) is 2.34. The lowest BCUT2D eigenvalue weighted by Gasteiger charge is -2.21. The number of benzene rings is 2. The lowest BCUT2D eigenvalue weighted by molar-refractivity contribution is -0.119. The van der Waals surface area contributed by atoms with Gasteiger partial charge in [0, 0.05) is 5.69 Å². The Bertz CT molecular complexity index is 769. The van der Waals surface area contributed by atoms with E-state index < -0.39 is 23.9 Å². The summed E-state index contributed by atoms with van der Waals surface area (Å²) >= 11 is 5.62. The van der Waals surface area contributed by atoms with Crippen LogP contribution < -0.4 is 10.6 Å². The SMILES string of the molecule is CC(C)[C@H](NC(=O)OCc1ccccc1)C(=O)Nc1ccc(Cl)c(F)c1. The number of halogens is 2. The van der Waals surface area contributed by atoms with Crippen molar-refractivity contribution in [2.75, 3.05) is 5.32 Å². The van der Waals surface area contributed by atoms with Crippen LogP contribution in [0.5, 0.6) is 0 Å². The highest BCUT2D eigenvalue weighted by Crippen LogP contribution is 2.19. The van der Waals surface area contributed by atoms with Gasteiger partial charge in [-0.3, -0.25) is 4.79 Å². The number of rotatable bonds is 6. The third-order valence-corrected chi connectivity index (χ3v) is 3.93. The van der Waals surface area contributed by atoms with Gasteiger partial charge in [0.1, 0.15) is 18.5 Å². The Morgan fingerprint density at radius 1 is 1.15 bits per heavy atom. The molecule has 2 rings (SSSR count). The van der Waals surface area contributed by atoms with Gasteiger partial charge in [0.25, 0.3) is 0 Å². The normalized spacial score (nSPS) is 11.7. The van der Waals surface area contributed by atoms with Crippen molar-refractivity contribution in [1.82, 2.24) is 5.32 Å². The van der Waals surface area contributed by atoms with Crippen LogP contribution in [0.15, 0.2) is 48.5 Å². The standard InChI is InChI=1S/C19H20ClFN2O3/c1-12(2)17(18(24)22-14-8-9-15(20)16(21)10-14)23-19(25)26-11-13-6-4-3-5-7-13/h3-10,12,17H,11H2,1-2H3,(H,22,24)(H,23,25)/t17-/m0/s1. The van der Waals surface area contributed by atoms with Crippen LogP contribution in [0, 0.1) is 11.7 Å². The molecule has 0 aliphatic heterocycles. The van der Waals surface area contributed by atoms with Crippen molar-refractivity contribution in [3.05, 3.63) is 64.9 Å². The fraction of sp³-hybridized carbons (Fsp3) is 0.263. The van der Waals surface area contributed by atoms with Gasteiger partial charge < -0.3 is 15.4 Å². The number of hydrogen-bond acceptors (Lipinski definition) is 3. The second-order valence-electron chi connectivity index (χ2n) is 6.05. The first-order chi connectivity index (χ1) is 12.4. The molecule has 0 aliphatic carbocycles. The van der Waals surface area contributed by atoms with E-state index >= 15 is 0 Å². The second kappa shape index (κ2) is 9.20. The van der Waals surface area contributed by atoms with E-state index in [2.05, 4.69) is 10.6 Å². The number of hydrogen-bond donors (Lipinski definition) is 2. The maximum atomic E-state index is 13.5. The van der Waals surface area contributed by atoms with Gasteiger partial charge in [-0.05, 0) is 29.7 Å². The number of alkyl carbamates (subject to hydrolysis) is 1. The zero-order chi connectivity index (χ0) is 19.1. The monoisotopic (exact) mass is 378 g/mol. The van der Waals surface area contributed by atoms with Gasteiger partial charge in [-0.15, -0.1) is 0 Å². The van der Waals surface area contributed by atoms with Crippen LogP contribution in [-0.2, 0) is 16.1 Å². The molecular weight excluding hydrogens is 359 g/mol. The molecule has 0 unspecified atom stereocenters. The minimum atomic E-state index is -0.836. The third-order valence-electron chi connectivity index (χ3n) is 3.62. The minimum Gasteiger partial charge on any atom is -0.445 e. The van der Waals surface area contributed by atoms with E-state index in [1.807, 2.05) is 30.3 Å². The van der Waals surface area contributed by atoms with Crippen LogP contribution >= 0.6 is 11.6 Å². The zero-order valence-corrected chi connectivity index (χ0v) is 15.2. The van der Waals surface area contributed by atoms with Gasteiger partial charge in [-0.1, -0.05) is 55.8 Å². The van der Waals surface area contributed by atoms with Gasteiger partial charge in [0.05, 0.1) is 5.02 Å². The molecule has 1 atom stereocenters. The Morgan fingerprint density at radius 3 is 2.46 bits per heavy atom. The molecule has 0 bridgehead atoms. The van der Waals surface area contributed by atoms with E-state index in [0.29, 0.717) is 0 Å². The Hall–Kier alpha value is -2.60. The summed E-state index contributed by atoms with van der Waals surface area (Å²) in [5.41, 5.74) is 1.09. The summed E-state index contributed by atoms with van der Waals surface area (Å²) in [4.78, 5) is 24.4. The summed E-state index contributed by atoms with van der Waals surface area (Å²) in [5.74, 6) is -1.31. The minimum absolute atomic E-state index is 0.0361. The number of nitrogens with one attached hydrogen (secondary N) is 2. The molecule has 138 valence electrons. The van der Waals surface area contributed by atoms with Gasteiger partial charge >= 0.3 is 6.09 Å². The lowest BCUT2D eigenvalue weighted by atomic mass is 10.0. The van der Waals surface area contributed by atoms with Crippen molar-refractivity contribution in [2.45, 2.75) is 26.5 Å². The van der Waals surface area contributed by atoms with E-state index in [0.717, 1.165) is 11.6 Å². The van der Waals surface area contributed by atoms with Crippen LogP contribution in [0.1, 0.15) is 19.4 Å². The molecule has 2 aromatic rings. The molecular formula is C19H20ClFN2O3. The Morgan fingerprint density at radius 2 is 1.85 bits per heavy atom. The molecule has 2 aromatic carbocycles. The first kappa shape index (κ1) is 19.7. The molecule has 2 amide bonds. The highest BCUT2D eigenvalue weighted by atomic mass is 35.5. The quantitative estimate of drug-likeness (QED) is 0.784. The number of carbonyl (C=O) groups is 2. The van der Waals surface area contributed by atoms with Gasteiger partial charge in [0.15, 0.2) is 0 Å². The highest BCUT2D eigenvalue weighted by Gasteiger charge is 2.25. The zero-order valence-electron chi connectivity index (χ0n) is 14.5. The molecule has 0 fully saturated rings. The summed E-state index contributed by atoms with van der Waals surface area (Å²) in [6.45, 7) is 3.66. The smallest absolute Gasteiger partial charge is 0.408 e. The molecule has 7 heteroatoms. The van der Waals surface area contributed by atoms with E-state index in [4.69, 9.17) is 16.3 Å². The predicted molar refractivity (Wildman–Crippen MR) is 98.4 cm³/mol. The highest BCUT2D eigenvalue weighted by molar-refractivity contribution is 6.30. The molecule has 0 aliphatic rings. The summed E-state index contributed by atoms with van der Waals surface area (Å²) in [6, 6.07) is 12.3. The van der Waals surface area contributed by atoms with Crippen LogP contribution in [0.25, 0.3) is 0 Å². The average molecular weight is 379 g/mol. The molecule has 2 N–H and O–H groups in total. The number of amides is 2. The predicted octanol–water partition coefficient (Wildman–Crippen LogP) is 4.37. The number of carbonyl (C=O) groups excluding carboxylic acids is 2. The van der Waals surface area contributed by atoms with Crippen molar-refractivity contribution in [3.8, 4) is 0 Å². The third kappa shape index (κ3) is 5.74.